The quantitative estimate of drug-likeness (QED) is 0.559. The minimum Gasteiger partial charge on any atom is -0.497 e. The number of rotatable bonds is 4. The van der Waals surface area contributed by atoms with Crippen LogP contribution in [0.3, 0.4) is 0 Å². The first-order chi connectivity index (χ1) is 12.2. The summed E-state index contributed by atoms with van der Waals surface area (Å²) >= 11 is 1.04. The average Bonchev–Trinajstić information content (AvgIpc) is 3.09. The first kappa shape index (κ1) is 15.3. The lowest BCUT2D eigenvalue weighted by Gasteiger charge is -2.06. The molecule has 2 aromatic carbocycles. The van der Waals surface area contributed by atoms with Crippen LogP contribution >= 0.6 is 11.7 Å². The van der Waals surface area contributed by atoms with E-state index in [-0.39, 0.29) is 0 Å². The number of nitrogens with one attached hydrogen (secondary N) is 1. The summed E-state index contributed by atoms with van der Waals surface area (Å²) < 4.78 is 19.1. The molecule has 0 fully saturated rings. The highest BCUT2D eigenvalue weighted by Gasteiger charge is 2.16. The van der Waals surface area contributed by atoms with E-state index in [2.05, 4.69) is 14.1 Å². The molecule has 4 rings (SSSR count). The molecule has 7 heteroatoms. The summed E-state index contributed by atoms with van der Waals surface area (Å²) in [6.45, 7) is 0. The molecule has 0 saturated heterocycles. The van der Waals surface area contributed by atoms with Crippen molar-refractivity contribution in [1.29, 1.82) is 0 Å². The van der Waals surface area contributed by atoms with Gasteiger partial charge in [0.25, 0.3) is 0 Å². The number of methoxy groups -OCH3 is 1. The smallest absolute Gasteiger partial charge is 0.345 e. The third kappa shape index (κ3) is 2.97. The molecule has 6 nitrogen and oxygen atoms in total. The number of hydrogen-bond donors (Lipinski definition) is 1. The summed E-state index contributed by atoms with van der Waals surface area (Å²) in [5.74, 6) is 1.15. The Morgan fingerprint density at radius 3 is 2.72 bits per heavy atom. The van der Waals surface area contributed by atoms with E-state index < -0.39 is 5.63 Å². The SMILES string of the molecule is COc1ccc2cc(-c3nsnc3Nc3ccccc3)c(=O)oc2c1. The van der Waals surface area contributed by atoms with Crippen molar-refractivity contribution in [2.75, 3.05) is 12.4 Å². The fourth-order valence-electron chi connectivity index (χ4n) is 2.49. The summed E-state index contributed by atoms with van der Waals surface area (Å²) in [4.78, 5) is 12.4. The molecule has 0 atom stereocenters. The van der Waals surface area contributed by atoms with Gasteiger partial charge >= 0.3 is 5.63 Å². The van der Waals surface area contributed by atoms with E-state index in [4.69, 9.17) is 9.15 Å². The largest absolute Gasteiger partial charge is 0.497 e. The third-order valence-electron chi connectivity index (χ3n) is 3.72. The predicted molar refractivity (Wildman–Crippen MR) is 97.7 cm³/mol. The molecule has 2 heterocycles. The second-order valence-corrected chi connectivity index (χ2v) is 5.83. The normalized spacial score (nSPS) is 10.8. The summed E-state index contributed by atoms with van der Waals surface area (Å²) in [5.41, 5.74) is 1.70. The first-order valence-electron chi connectivity index (χ1n) is 7.51. The second-order valence-electron chi connectivity index (χ2n) is 5.30. The van der Waals surface area contributed by atoms with E-state index in [1.54, 1.807) is 19.2 Å². The zero-order valence-electron chi connectivity index (χ0n) is 13.2. The molecule has 0 amide bonds. The maximum atomic E-state index is 12.4. The Kier molecular flexibility index (Phi) is 3.91. The third-order valence-corrected chi connectivity index (χ3v) is 4.25. The van der Waals surface area contributed by atoms with E-state index in [0.29, 0.717) is 28.4 Å². The van der Waals surface area contributed by atoms with Gasteiger partial charge in [-0.2, -0.15) is 8.75 Å². The van der Waals surface area contributed by atoms with Gasteiger partial charge in [-0.05, 0) is 30.3 Å². The number of ether oxygens (including phenoxy) is 1. The number of para-hydroxylation sites is 1. The van der Waals surface area contributed by atoms with Crippen molar-refractivity contribution < 1.29 is 9.15 Å². The van der Waals surface area contributed by atoms with Crippen LogP contribution in [0.25, 0.3) is 22.2 Å². The number of aromatic nitrogens is 2. The van der Waals surface area contributed by atoms with Crippen molar-refractivity contribution in [3.8, 4) is 17.0 Å². The van der Waals surface area contributed by atoms with E-state index >= 15 is 0 Å². The molecule has 1 N–H and O–H groups in total. The lowest BCUT2D eigenvalue weighted by Crippen LogP contribution is -2.04. The Labute approximate surface area is 147 Å². The summed E-state index contributed by atoms with van der Waals surface area (Å²) in [7, 11) is 1.57. The van der Waals surface area contributed by atoms with Gasteiger partial charge in [-0.25, -0.2) is 4.79 Å². The summed E-state index contributed by atoms with van der Waals surface area (Å²) in [5, 5.41) is 3.97. The van der Waals surface area contributed by atoms with Crippen LogP contribution in [0.5, 0.6) is 5.75 Å². The molecule has 0 aliphatic rings. The number of nitrogens with zero attached hydrogens (tertiary/aromatic N) is 2. The van der Waals surface area contributed by atoms with Gasteiger partial charge in [0.15, 0.2) is 5.82 Å². The van der Waals surface area contributed by atoms with Gasteiger partial charge in [0, 0.05) is 17.1 Å². The molecule has 0 radical (unpaired) electrons. The highest BCUT2D eigenvalue weighted by Crippen LogP contribution is 2.29. The fourth-order valence-corrected chi connectivity index (χ4v) is 3.01. The molecule has 2 aromatic heterocycles. The van der Waals surface area contributed by atoms with Crippen LogP contribution in [0.2, 0.25) is 0 Å². The monoisotopic (exact) mass is 351 g/mol. The van der Waals surface area contributed by atoms with Crippen molar-refractivity contribution in [3.63, 3.8) is 0 Å². The van der Waals surface area contributed by atoms with Crippen LogP contribution in [-0.2, 0) is 0 Å². The second kappa shape index (κ2) is 6.37. The van der Waals surface area contributed by atoms with Crippen LogP contribution in [-0.4, -0.2) is 15.9 Å². The van der Waals surface area contributed by atoms with Crippen molar-refractivity contribution in [2.45, 2.75) is 0 Å². The summed E-state index contributed by atoms with van der Waals surface area (Å²) in [6.07, 6.45) is 0. The number of anilines is 2. The molecular formula is C18H13N3O3S. The topological polar surface area (TPSA) is 77.3 Å². The van der Waals surface area contributed by atoms with Crippen LogP contribution in [0.4, 0.5) is 11.5 Å². The molecule has 0 saturated carbocycles. The van der Waals surface area contributed by atoms with E-state index in [1.165, 1.54) is 0 Å². The first-order valence-corrected chi connectivity index (χ1v) is 8.24. The Morgan fingerprint density at radius 2 is 1.92 bits per heavy atom. The van der Waals surface area contributed by atoms with E-state index in [9.17, 15) is 4.79 Å². The highest BCUT2D eigenvalue weighted by molar-refractivity contribution is 6.99. The molecule has 0 aliphatic heterocycles. The highest BCUT2D eigenvalue weighted by atomic mass is 32.1. The molecule has 0 aliphatic carbocycles. The Balaban J connectivity index is 1.79. The average molecular weight is 351 g/mol. The van der Waals surface area contributed by atoms with Crippen molar-refractivity contribution in [1.82, 2.24) is 8.75 Å². The van der Waals surface area contributed by atoms with Crippen LogP contribution in [0, 0.1) is 0 Å². The standard InChI is InChI=1S/C18H13N3O3S/c1-23-13-8-7-11-9-14(18(22)24-15(11)10-13)16-17(21-25-20-16)19-12-5-3-2-4-6-12/h2-10H,1H3,(H,19,21). The van der Waals surface area contributed by atoms with E-state index in [0.717, 1.165) is 22.8 Å². The zero-order valence-corrected chi connectivity index (χ0v) is 14.0. The van der Waals surface area contributed by atoms with Gasteiger partial charge in [0.1, 0.15) is 17.0 Å². The van der Waals surface area contributed by atoms with Gasteiger partial charge < -0.3 is 14.5 Å². The molecule has 0 spiro atoms. The maximum Gasteiger partial charge on any atom is 0.345 e. The molecular weight excluding hydrogens is 338 g/mol. The lowest BCUT2D eigenvalue weighted by molar-refractivity contribution is 0.414. The van der Waals surface area contributed by atoms with Crippen LogP contribution < -0.4 is 15.7 Å². The number of fused-ring (bicyclic) bond motifs is 1. The van der Waals surface area contributed by atoms with Gasteiger partial charge in [0.2, 0.25) is 0 Å². The van der Waals surface area contributed by atoms with Crippen LogP contribution in [0.15, 0.2) is 63.8 Å². The zero-order chi connectivity index (χ0) is 17.2. The fraction of sp³-hybridized carbons (Fsp3) is 0.0556. The molecule has 4 aromatic rings. The molecule has 25 heavy (non-hydrogen) atoms. The summed E-state index contributed by atoms with van der Waals surface area (Å²) in [6, 6.07) is 16.7. The minimum absolute atomic E-state index is 0.366. The van der Waals surface area contributed by atoms with Gasteiger partial charge in [-0.3, -0.25) is 0 Å². The Morgan fingerprint density at radius 1 is 1.08 bits per heavy atom. The minimum atomic E-state index is -0.468. The van der Waals surface area contributed by atoms with Gasteiger partial charge in [0.05, 0.1) is 24.4 Å². The number of benzene rings is 2. The van der Waals surface area contributed by atoms with Crippen molar-refractivity contribution in [3.05, 3.63) is 65.0 Å². The molecule has 124 valence electrons. The Hall–Kier alpha value is -3.19. The van der Waals surface area contributed by atoms with E-state index in [1.807, 2.05) is 42.5 Å². The lowest BCUT2D eigenvalue weighted by atomic mass is 10.1. The maximum absolute atomic E-state index is 12.4. The van der Waals surface area contributed by atoms with Crippen molar-refractivity contribution in [2.24, 2.45) is 0 Å². The van der Waals surface area contributed by atoms with Crippen LogP contribution in [0.1, 0.15) is 0 Å². The van der Waals surface area contributed by atoms with Crippen molar-refractivity contribution >= 4 is 34.2 Å². The van der Waals surface area contributed by atoms with Gasteiger partial charge in [-0.15, -0.1) is 0 Å². The Bertz CT molecular complexity index is 1090. The molecule has 0 bridgehead atoms. The molecule has 0 unspecified atom stereocenters. The number of hydrogen-bond acceptors (Lipinski definition) is 7. The predicted octanol–water partition coefficient (Wildman–Crippen LogP) is 4.06. The van der Waals surface area contributed by atoms with Gasteiger partial charge in [-0.1, -0.05) is 18.2 Å².